The van der Waals surface area contributed by atoms with Crippen molar-refractivity contribution in [3.63, 3.8) is 0 Å². The van der Waals surface area contributed by atoms with Gasteiger partial charge in [-0.2, -0.15) is 13.2 Å². The molecule has 0 bridgehead atoms. The number of pyridine rings is 1. The third-order valence-corrected chi connectivity index (χ3v) is 5.38. The Balaban J connectivity index is 1.89. The fraction of sp³-hybridized carbons (Fsp3) is 0.0476. The van der Waals surface area contributed by atoms with Crippen LogP contribution in [0.1, 0.15) is 5.56 Å². The van der Waals surface area contributed by atoms with E-state index in [2.05, 4.69) is 15.3 Å². The molecule has 0 unspecified atom stereocenters. The Labute approximate surface area is 170 Å². The first-order valence-corrected chi connectivity index (χ1v) is 9.72. The molecule has 0 aliphatic rings. The van der Waals surface area contributed by atoms with Crippen LogP contribution in [0.15, 0.2) is 69.3 Å². The smallest absolute Gasteiger partial charge is 0.418 e. The molecule has 150 valence electrons. The average molecular weight is 427 g/mol. The second-order valence-corrected chi connectivity index (χ2v) is 7.41. The quantitative estimate of drug-likeness (QED) is 0.362. The molecule has 0 fully saturated rings. The zero-order valence-electron chi connectivity index (χ0n) is 15.1. The minimum absolute atomic E-state index is 0.0695. The van der Waals surface area contributed by atoms with E-state index in [4.69, 9.17) is 4.42 Å². The Morgan fingerprint density at radius 3 is 2.53 bits per heavy atom. The Bertz CT molecular complexity index is 1420. The fourth-order valence-electron chi connectivity index (χ4n) is 3.40. The van der Waals surface area contributed by atoms with Crippen molar-refractivity contribution in [2.75, 3.05) is 5.32 Å². The molecule has 0 radical (unpaired) electrons. The Hall–Kier alpha value is -3.59. The number of rotatable bonds is 3. The van der Waals surface area contributed by atoms with Crippen LogP contribution >= 0.6 is 11.3 Å². The maximum atomic E-state index is 13.6. The van der Waals surface area contributed by atoms with Crippen molar-refractivity contribution in [2.45, 2.75) is 6.18 Å². The zero-order chi connectivity index (χ0) is 20.9. The summed E-state index contributed by atoms with van der Waals surface area (Å²) >= 11 is 1.30. The van der Waals surface area contributed by atoms with Crippen LogP contribution in [-0.2, 0) is 6.18 Å². The van der Waals surface area contributed by atoms with E-state index in [0.29, 0.717) is 10.7 Å². The molecule has 3 aromatic heterocycles. The van der Waals surface area contributed by atoms with Crippen LogP contribution in [0, 0.1) is 0 Å². The lowest BCUT2D eigenvalue weighted by atomic mass is 10.1. The van der Waals surface area contributed by atoms with Crippen LogP contribution in [-0.4, -0.2) is 9.97 Å². The molecule has 5 rings (SSSR count). The summed E-state index contributed by atoms with van der Waals surface area (Å²) in [7, 11) is 0. The minimum Gasteiger partial charge on any atom is -0.437 e. The summed E-state index contributed by atoms with van der Waals surface area (Å²) in [5, 5.41) is 5.28. The van der Waals surface area contributed by atoms with Crippen molar-refractivity contribution in [2.24, 2.45) is 0 Å². The van der Waals surface area contributed by atoms with E-state index in [0.717, 1.165) is 6.07 Å². The second-order valence-electron chi connectivity index (χ2n) is 6.52. The normalized spacial score (nSPS) is 12.0. The molecule has 5 nitrogen and oxygen atoms in total. The van der Waals surface area contributed by atoms with Gasteiger partial charge in [0.15, 0.2) is 10.9 Å². The van der Waals surface area contributed by atoms with Crippen molar-refractivity contribution in [1.29, 1.82) is 0 Å². The topological polar surface area (TPSA) is 70.9 Å². The van der Waals surface area contributed by atoms with Crippen molar-refractivity contribution in [3.05, 3.63) is 75.9 Å². The highest BCUT2D eigenvalue weighted by molar-refractivity contribution is 7.13. The van der Waals surface area contributed by atoms with E-state index in [1.165, 1.54) is 23.5 Å². The van der Waals surface area contributed by atoms with Crippen LogP contribution in [0.2, 0.25) is 0 Å². The highest BCUT2D eigenvalue weighted by Gasteiger charge is 2.34. The van der Waals surface area contributed by atoms with Crippen LogP contribution in [0.25, 0.3) is 33.1 Å². The van der Waals surface area contributed by atoms with Crippen LogP contribution < -0.4 is 10.7 Å². The van der Waals surface area contributed by atoms with E-state index < -0.39 is 17.2 Å². The lowest BCUT2D eigenvalue weighted by Crippen LogP contribution is -2.11. The second kappa shape index (κ2) is 6.74. The van der Waals surface area contributed by atoms with E-state index in [1.807, 2.05) is 6.07 Å². The molecule has 30 heavy (non-hydrogen) atoms. The molecule has 0 aliphatic heterocycles. The molecular weight excluding hydrogens is 415 g/mol. The highest BCUT2D eigenvalue weighted by Crippen LogP contribution is 2.39. The maximum Gasteiger partial charge on any atom is 0.418 e. The van der Waals surface area contributed by atoms with Gasteiger partial charge in [0.1, 0.15) is 5.39 Å². The molecule has 0 amide bonds. The van der Waals surface area contributed by atoms with Gasteiger partial charge >= 0.3 is 6.18 Å². The molecule has 0 spiro atoms. The number of hydrogen-bond acceptors (Lipinski definition) is 5. The van der Waals surface area contributed by atoms with Gasteiger partial charge in [0.05, 0.1) is 16.6 Å². The van der Waals surface area contributed by atoms with Crippen molar-refractivity contribution in [1.82, 2.24) is 9.97 Å². The molecule has 3 heterocycles. The van der Waals surface area contributed by atoms with Gasteiger partial charge in [-0.05, 0) is 12.1 Å². The van der Waals surface area contributed by atoms with E-state index >= 15 is 0 Å². The molecule has 2 aromatic carbocycles. The van der Waals surface area contributed by atoms with Gasteiger partial charge in [-0.25, -0.2) is 4.98 Å². The van der Waals surface area contributed by atoms with Gasteiger partial charge in [-0.3, -0.25) is 4.79 Å². The molecule has 0 saturated heterocycles. The summed E-state index contributed by atoms with van der Waals surface area (Å²) in [4.78, 5) is 20.2. The highest BCUT2D eigenvalue weighted by atomic mass is 32.1. The summed E-state index contributed by atoms with van der Waals surface area (Å²) in [6.45, 7) is 0. The predicted molar refractivity (Wildman–Crippen MR) is 110 cm³/mol. The van der Waals surface area contributed by atoms with Gasteiger partial charge in [-0.15, -0.1) is 11.3 Å². The predicted octanol–water partition coefficient (Wildman–Crippen LogP) is 6.16. The number of thiazole rings is 1. The fourth-order valence-corrected chi connectivity index (χ4v) is 3.93. The molecule has 9 heteroatoms. The van der Waals surface area contributed by atoms with Gasteiger partial charge in [0.2, 0.25) is 11.3 Å². The first-order valence-electron chi connectivity index (χ1n) is 8.84. The van der Waals surface area contributed by atoms with Crippen LogP contribution in [0.3, 0.4) is 0 Å². The molecule has 0 aliphatic carbocycles. The standard InChI is InChI=1S/C21H12F3N3O2S/c22-21(23,24)13-8-4-7-12-15(13)26-16-14(17(12)28)19(27-20-25-9-10-30-20)29-18(16)11-5-2-1-3-6-11/h1-10,26H,(H,25,27). The number of nitrogens with zero attached hydrogens (tertiary/aromatic N) is 1. The van der Waals surface area contributed by atoms with Crippen molar-refractivity contribution >= 4 is 44.2 Å². The number of furan rings is 1. The largest absolute Gasteiger partial charge is 0.437 e. The van der Waals surface area contributed by atoms with Crippen molar-refractivity contribution < 1.29 is 17.6 Å². The SMILES string of the molecule is O=c1c2cccc(C(F)(F)F)c2[nH]c2c(-c3ccccc3)oc(Nc3nccs3)c12. The van der Waals surface area contributed by atoms with E-state index in [-0.39, 0.29) is 33.5 Å². The third kappa shape index (κ3) is 2.94. The Morgan fingerprint density at radius 2 is 1.83 bits per heavy atom. The summed E-state index contributed by atoms with van der Waals surface area (Å²) in [5.41, 5.74) is -0.937. The lowest BCUT2D eigenvalue weighted by Gasteiger charge is -2.10. The number of benzene rings is 2. The monoisotopic (exact) mass is 427 g/mol. The number of halogens is 3. The molecule has 5 aromatic rings. The number of aromatic amines is 1. The first-order chi connectivity index (χ1) is 14.4. The summed E-state index contributed by atoms with van der Waals surface area (Å²) < 4.78 is 46.6. The maximum absolute atomic E-state index is 13.6. The number of alkyl halides is 3. The number of anilines is 2. The molecule has 0 saturated carbocycles. The van der Waals surface area contributed by atoms with Gasteiger partial charge < -0.3 is 14.7 Å². The number of aromatic nitrogens is 2. The van der Waals surface area contributed by atoms with Gasteiger partial charge in [-0.1, -0.05) is 36.4 Å². The number of para-hydroxylation sites is 1. The third-order valence-electron chi connectivity index (χ3n) is 4.69. The van der Waals surface area contributed by atoms with Gasteiger partial charge in [0, 0.05) is 22.5 Å². The summed E-state index contributed by atoms with van der Waals surface area (Å²) in [5.74, 6) is 0.389. The van der Waals surface area contributed by atoms with Crippen molar-refractivity contribution in [3.8, 4) is 11.3 Å². The Kier molecular flexibility index (Phi) is 4.14. The van der Waals surface area contributed by atoms with E-state index in [9.17, 15) is 18.0 Å². The number of nitrogens with one attached hydrogen (secondary N) is 2. The summed E-state index contributed by atoms with van der Waals surface area (Å²) in [6.07, 6.45) is -3.03. The molecule has 0 atom stereocenters. The van der Waals surface area contributed by atoms with Crippen LogP contribution in [0.5, 0.6) is 0 Å². The number of fused-ring (bicyclic) bond motifs is 2. The number of H-pyrrole nitrogens is 1. The zero-order valence-corrected chi connectivity index (χ0v) is 15.9. The molecular formula is C21H12F3N3O2S. The van der Waals surface area contributed by atoms with Crippen LogP contribution in [0.4, 0.5) is 24.2 Å². The Morgan fingerprint density at radius 1 is 1.03 bits per heavy atom. The minimum atomic E-state index is -4.62. The van der Waals surface area contributed by atoms with Gasteiger partial charge in [0.25, 0.3) is 0 Å². The summed E-state index contributed by atoms with van der Waals surface area (Å²) in [6, 6.07) is 12.4. The van der Waals surface area contributed by atoms with E-state index in [1.54, 1.807) is 35.8 Å². The molecule has 2 N–H and O–H groups in total. The number of hydrogen-bond donors (Lipinski definition) is 2. The average Bonchev–Trinajstić information content (AvgIpc) is 3.36. The first kappa shape index (κ1) is 18.4. The lowest BCUT2D eigenvalue weighted by molar-refractivity contribution is -0.136.